The van der Waals surface area contributed by atoms with Crippen molar-refractivity contribution in [2.24, 2.45) is 16.5 Å². The van der Waals surface area contributed by atoms with Crippen LogP contribution in [-0.4, -0.2) is 25.5 Å². The van der Waals surface area contributed by atoms with E-state index in [9.17, 15) is 0 Å². The van der Waals surface area contributed by atoms with Crippen LogP contribution in [0, 0.1) is 0 Å². The zero-order valence-corrected chi connectivity index (χ0v) is 5.22. The predicted octanol–water partition coefficient (Wildman–Crippen LogP) is -1.84. The van der Waals surface area contributed by atoms with E-state index in [1.165, 1.54) is 0 Å². The summed E-state index contributed by atoms with van der Waals surface area (Å²) in [7, 11) is 1.65. The molecule has 5 nitrogen and oxygen atoms in total. The molecule has 1 fully saturated rings. The molecule has 52 valence electrons. The second-order valence-corrected chi connectivity index (χ2v) is 1.95. The van der Waals surface area contributed by atoms with Crippen molar-refractivity contribution < 1.29 is 4.74 Å². The minimum absolute atomic E-state index is 0.951. The Balaban J connectivity index is 2.68. The third-order valence-corrected chi connectivity index (χ3v) is 1.37. The highest BCUT2D eigenvalue weighted by Crippen LogP contribution is 2.36. The van der Waals surface area contributed by atoms with Gasteiger partial charge in [0.25, 0.3) is 5.85 Å². The molecule has 1 heterocycles. The summed E-state index contributed by atoms with van der Waals surface area (Å²) in [6.45, 7) is 3.26. The maximum Gasteiger partial charge on any atom is 0.276 e. The molecule has 1 saturated heterocycles. The molecule has 0 aromatic heterocycles. The zero-order chi connectivity index (χ0) is 7.12. The summed E-state index contributed by atoms with van der Waals surface area (Å²) in [5.41, 5.74) is 10.6. The number of nitrogens with zero attached hydrogens (tertiary/aromatic N) is 1. The summed E-state index contributed by atoms with van der Waals surface area (Å²) in [6, 6.07) is 0. The molecule has 0 bridgehead atoms. The molecule has 1 aliphatic rings. The van der Waals surface area contributed by atoms with Crippen molar-refractivity contribution in [3.63, 3.8) is 0 Å². The second-order valence-electron chi connectivity index (χ2n) is 1.95. The van der Waals surface area contributed by atoms with Crippen LogP contribution in [0.25, 0.3) is 0 Å². The highest BCUT2D eigenvalue weighted by atomic mass is 16.7. The van der Waals surface area contributed by atoms with Crippen LogP contribution >= 0.6 is 0 Å². The van der Waals surface area contributed by atoms with Gasteiger partial charge >= 0.3 is 0 Å². The van der Waals surface area contributed by atoms with Gasteiger partial charge in [0.2, 0.25) is 5.85 Å². The Bertz CT molecular complexity index is 146. The van der Waals surface area contributed by atoms with E-state index in [4.69, 9.17) is 16.2 Å². The van der Waals surface area contributed by atoms with E-state index in [1.807, 2.05) is 0 Å². The van der Waals surface area contributed by atoms with Crippen molar-refractivity contribution in [1.29, 1.82) is 0 Å². The number of ether oxygens (including phenoxy) is 1. The highest BCUT2D eigenvalue weighted by molar-refractivity contribution is 5.28. The Morgan fingerprint density at radius 3 is 2.11 bits per heavy atom. The Kier molecular flexibility index (Phi) is 1.11. The van der Waals surface area contributed by atoms with Crippen molar-refractivity contribution in [3.05, 3.63) is 0 Å². The molecule has 0 spiro atoms. The van der Waals surface area contributed by atoms with Crippen molar-refractivity contribution in [3.8, 4) is 0 Å². The lowest BCUT2D eigenvalue weighted by Crippen LogP contribution is -2.48. The first kappa shape index (κ1) is 6.63. The van der Waals surface area contributed by atoms with Crippen LogP contribution in [0.3, 0.4) is 0 Å². The fraction of sp³-hybridized carbons (Fsp3) is 0.750. The Morgan fingerprint density at radius 1 is 1.67 bits per heavy atom. The average Bonchev–Trinajstić information content (AvgIpc) is 2.35. The van der Waals surface area contributed by atoms with Gasteiger partial charge in [-0.2, -0.15) is 0 Å². The van der Waals surface area contributed by atoms with Crippen LogP contribution < -0.4 is 16.8 Å². The first-order chi connectivity index (χ1) is 4.08. The molecule has 0 amide bonds. The summed E-state index contributed by atoms with van der Waals surface area (Å²) in [6.07, 6.45) is 0. The molecular weight excluding hydrogens is 120 g/mol. The van der Waals surface area contributed by atoms with Crippen LogP contribution in [0.15, 0.2) is 4.99 Å². The van der Waals surface area contributed by atoms with Gasteiger partial charge in [0.05, 0.1) is 0 Å². The first-order valence-electron chi connectivity index (χ1n) is 2.53. The molecule has 1 atom stereocenters. The number of epoxide rings is 1. The molecule has 0 aromatic carbocycles. The van der Waals surface area contributed by atoms with Gasteiger partial charge in [-0.15, -0.1) is 0 Å². The summed E-state index contributed by atoms with van der Waals surface area (Å²) in [5.74, 6) is -2.13. The molecule has 1 unspecified atom stereocenters. The summed E-state index contributed by atoms with van der Waals surface area (Å²) in [5, 5.41) is 2.69. The standard InChI is InChI=1S/C4H10N4O/c1-7-4(8-2)3(5,6)9-4/h8H,1,5-6H2,2H3. The van der Waals surface area contributed by atoms with Crippen LogP contribution in [0.2, 0.25) is 0 Å². The Morgan fingerprint density at radius 2 is 2.11 bits per heavy atom. The fourth-order valence-corrected chi connectivity index (χ4v) is 0.700. The van der Waals surface area contributed by atoms with Crippen LogP contribution in [0.1, 0.15) is 0 Å². The van der Waals surface area contributed by atoms with Gasteiger partial charge in [0, 0.05) is 0 Å². The lowest BCUT2D eigenvalue weighted by atomic mass is 10.4. The van der Waals surface area contributed by atoms with E-state index in [0.717, 1.165) is 0 Å². The number of hydrogen-bond acceptors (Lipinski definition) is 5. The van der Waals surface area contributed by atoms with E-state index in [2.05, 4.69) is 17.0 Å². The number of rotatable bonds is 2. The smallest absolute Gasteiger partial charge is 0.276 e. The molecular formula is C4H10N4O. The number of hydrogen-bond donors (Lipinski definition) is 3. The van der Waals surface area contributed by atoms with Crippen molar-refractivity contribution in [2.45, 2.75) is 11.7 Å². The predicted molar refractivity (Wildman–Crippen MR) is 33.5 cm³/mol. The molecule has 0 saturated carbocycles. The number of nitrogens with two attached hydrogens (primary N) is 2. The number of nitrogens with one attached hydrogen (secondary N) is 1. The minimum atomic E-state index is -1.18. The monoisotopic (exact) mass is 130 g/mol. The van der Waals surface area contributed by atoms with E-state index >= 15 is 0 Å². The SMILES string of the molecule is C=NC1(NC)OC1(N)N. The third kappa shape index (κ3) is 0.665. The molecule has 1 rings (SSSR count). The van der Waals surface area contributed by atoms with E-state index < -0.39 is 11.7 Å². The fourth-order valence-electron chi connectivity index (χ4n) is 0.700. The van der Waals surface area contributed by atoms with Crippen molar-refractivity contribution in [2.75, 3.05) is 7.05 Å². The number of likely N-dealkylation sites (N-methyl/N-ethyl adjacent to an activating group) is 1. The van der Waals surface area contributed by atoms with Gasteiger partial charge in [-0.3, -0.25) is 21.5 Å². The van der Waals surface area contributed by atoms with Crippen molar-refractivity contribution >= 4 is 6.72 Å². The summed E-state index contributed by atoms with van der Waals surface area (Å²) < 4.78 is 4.81. The van der Waals surface area contributed by atoms with Gasteiger partial charge < -0.3 is 0 Å². The molecule has 0 aromatic rings. The molecule has 9 heavy (non-hydrogen) atoms. The van der Waals surface area contributed by atoms with Crippen molar-refractivity contribution in [1.82, 2.24) is 5.32 Å². The van der Waals surface area contributed by atoms with Gasteiger partial charge in [-0.05, 0) is 13.8 Å². The molecule has 0 radical (unpaired) electrons. The normalized spacial score (nSPS) is 38.1. The zero-order valence-electron chi connectivity index (χ0n) is 5.22. The van der Waals surface area contributed by atoms with Gasteiger partial charge in [-0.1, -0.05) is 0 Å². The first-order valence-corrected chi connectivity index (χ1v) is 2.53. The van der Waals surface area contributed by atoms with E-state index in [-0.39, 0.29) is 0 Å². The van der Waals surface area contributed by atoms with E-state index in [0.29, 0.717) is 0 Å². The minimum Gasteiger partial charge on any atom is -0.295 e. The summed E-state index contributed by atoms with van der Waals surface area (Å²) in [4.78, 5) is 3.57. The summed E-state index contributed by atoms with van der Waals surface area (Å²) >= 11 is 0. The highest BCUT2D eigenvalue weighted by Gasteiger charge is 2.66. The van der Waals surface area contributed by atoms with E-state index in [1.54, 1.807) is 7.05 Å². The average molecular weight is 130 g/mol. The lowest BCUT2D eigenvalue weighted by Gasteiger charge is -2.04. The van der Waals surface area contributed by atoms with Crippen LogP contribution in [0.5, 0.6) is 0 Å². The maximum absolute atomic E-state index is 5.32. The molecule has 5 heteroatoms. The second kappa shape index (κ2) is 1.51. The topological polar surface area (TPSA) is 89.0 Å². The largest absolute Gasteiger partial charge is 0.295 e. The molecule has 5 N–H and O–H groups in total. The maximum atomic E-state index is 5.32. The Hall–Kier alpha value is -0.490. The number of aliphatic imine (C=N–C) groups is 1. The van der Waals surface area contributed by atoms with Gasteiger partial charge in [-0.25, -0.2) is 4.99 Å². The van der Waals surface area contributed by atoms with Gasteiger partial charge in [0.15, 0.2) is 0 Å². The van der Waals surface area contributed by atoms with Crippen LogP contribution in [0.4, 0.5) is 0 Å². The van der Waals surface area contributed by atoms with Gasteiger partial charge in [0.1, 0.15) is 0 Å². The molecule has 0 aliphatic carbocycles. The third-order valence-electron chi connectivity index (χ3n) is 1.37. The quantitative estimate of drug-likeness (QED) is 0.233. The van der Waals surface area contributed by atoms with Crippen LogP contribution in [-0.2, 0) is 4.74 Å². The Labute approximate surface area is 53.1 Å². The molecule has 1 aliphatic heterocycles. The lowest BCUT2D eigenvalue weighted by molar-refractivity contribution is 0.252.